The Balaban J connectivity index is 2.04. The van der Waals surface area contributed by atoms with Crippen LogP contribution in [-0.2, 0) is 9.59 Å². The van der Waals surface area contributed by atoms with Gasteiger partial charge >= 0.3 is 11.8 Å². The summed E-state index contributed by atoms with van der Waals surface area (Å²) in [6.07, 6.45) is 1.89. The first-order valence-electron chi connectivity index (χ1n) is 5.62. The number of carbonyl (C=O) groups is 2. The molecule has 0 aliphatic carbocycles. The molecule has 1 aromatic carbocycles. The summed E-state index contributed by atoms with van der Waals surface area (Å²) >= 11 is 11.6. The molecule has 0 saturated carbocycles. The molecule has 0 unspecified atom stereocenters. The van der Waals surface area contributed by atoms with Crippen molar-refractivity contribution in [1.82, 2.24) is 4.90 Å². The van der Waals surface area contributed by atoms with Gasteiger partial charge in [0, 0.05) is 28.8 Å². The van der Waals surface area contributed by atoms with Crippen LogP contribution in [0.5, 0.6) is 0 Å². The van der Waals surface area contributed by atoms with Crippen LogP contribution in [0.3, 0.4) is 0 Å². The van der Waals surface area contributed by atoms with Gasteiger partial charge in [-0.3, -0.25) is 9.59 Å². The number of rotatable bonds is 1. The van der Waals surface area contributed by atoms with Crippen molar-refractivity contribution in [1.29, 1.82) is 0 Å². The number of carbonyl (C=O) groups excluding carboxylic acids is 2. The number of hydrogen-bond acceptors (Lipinski definition) is 2. The molecule has 0 radical (unpaired) electrons. The maximum absolute atomic E-state index is 11.8. The van der Waals surface area contributed by atoms with Crippen molar-refractivity contribution in [3.8, 4) is 0 Å². The van der Waals surface area contributed by atoms with E-state index in [0.29, 0.717) is 28.8 Å². The van der Waals surface area contributed by atoms with Crippen LogP contribution in [0.15, 0.2) is 18.2 Å². The van der Waals surface area contributed by atoms with Gasteiger partial charge in [-0.2, -0.15) is 0 Å². The number of halogens is 2. The second-order valence-electron chi connectivity index (χ2n) is 4.11. The zero-order chi connectivity index (χ0) is 13.1. The highest BCUT2D eigenvalue weighted by atomic mass is 35.5. The molecule has 1 heterocycles. The highest BCUT2D eigenvalue weighted by molar-refractivity contribution is 6.40. The Hall–Kier alpha value is -1.26. The van der Waals surface area contributed by atoms with Gasteiger partial charge in [-0.25, -0.2) is 0 Å². The Morgan fingerprint density at radius 2 is 1.61 bits per heavy atom. The van der Waals surface area contributed by atoms with Crippen molar-refractivity contribution in [3.63, 3.8) is 0 Å². The molecule has 4 nitrogen and oxygen atoms in total. The molecule has 1 fully saturated rings. The highest BCUT2D eigenvalue weighted by Gasteiger charge is 2.24. The number of benzene rings is 1. The molecule has 1 aliphatic heterocycles. The number of anilines is 1. The van der Waals surface area contributed by atoms with Crippen LogP contribution in [0.1, 0.15) is 12.8 Å². The Kier molecular flexibility index (Phi) is 4.09. The Labute approximate surface area is 115 Å². The van der Waals surface area contributed by atoms with Crippen molar-refractivity contribution in [2.24, 2.45) is 0 Å². The molecule has 1 N–H and O–H groups in total. The molecule has 2 amide bonds. The number of hydrogen-bond donors (Lipinski definition) is 1. The molecular formula is C12H12Cl2N2O2. The maximum Gasteiger partial charge on any atom is 0.313 e. The van der Waals surface area contributed by atoms with E-state index in [2.05, 4.69) is 5.32 Å². The minimum absolute atomic E-state index is 0.409. The van der Waals surface area contributed by atoms with Crippen LogP contribution in [-0.4, -0.2) is 29.8 Å². The molecule has 2 rings (SSSR count). The quantitative estimate of drug-likeness (QED) is 0.807. The van der Waals surface area contributed by atoms with Gasteiger partial charge in [0.1, 0.15) is 0 Å². The van der Waals surface area contributed by atoms with E-state index < -0.39 is 11.8 Å². The first kappa shape index (κ1) is 13.2. The fourth-order valence-electron chi connectivity index (χ4n) is 1.87. The van der Waals surface area contributed by atoms with E-state index >= 15 is 0 Å². The van der Waals surface area contributed by atoms with Gasteiger partial charge in [-0.1, -0.05) is 23.2 Å². The lowest BCUT2D eigenvalue weighted by atomic mass is 10.3. The second-order valence-corrected chi connectivity index (χ2v) is 4.98. The summed E-state index contributed by atoms with van der Waals surface area (Å²) in [5.74, 6) is -1.17. The van der Waals surface area contributed by atoms with E-state index in [-0.39, 0.29) is 0 Å². The van der Waals surface area contributed by atoms with Gasteiger partial charge in [-0.05, 0) is 31.0 Å². The zero-order valence-electron chi connectivity index (χ0n) is 9.58. The summed E-state index contributed by atoms with van der Waals surface area (Å²) in [4.78, 5) is 25.0. The van der Waals surface area contributed by atoms with Crippen molar-refractivity contribution >= 4 is 40.7 Å². The second kappa shape index (κ2) is 5.59. The van der Waals surface area contributed by atoms with Crippen LogP contribution in [0, 0.1) is 0 Å². The minimum atomic E-state index is -0.657. The van der Waals surface area contributed by atoms with E-state index in [1.165, 1.54) is 0 Å². The van der Waals surface area contributed by atoms with E-state index in [1.807, 2.05) is 0 Å². The van der Waals surface area contributed by atoms with Gasteiger partial charge in [0.25, 0.3) is 0 Å². The largest absolute Gasteiger partial charge is 0.334 e. The minimum Gasteiger partial charge on any atom is -0.334 e. The van der Waals surface area contributed by atoms with Gasteiger partial charge in [0.15, 0.2) is 0 Å². The predicted molar refractivity (Wildman–Crippen MR) is 70.9 cm³/mol. The van der Waals surface area contributed by atoms with Gasteiger partial charge in [0.05, 0.1) is 0 Å². The third-order valence-electron chi connectivity index (χ3n) is 2.71. The molecule has 0 spiro atoms. The molecule has 0 bridgehead atoms. The lowest BCUT2D eigenvalue weighted by molar-refractivity contribution is -0.142. The molecule has 1 aromatic rings. The van der Waals surface area contributed by atoms with Crippen LogP contribution < -0.4 is 5.32 Å². The van der Waals surface area contributed by atoms with Gasteiger partial charge < -0.3 is 10.2 Å². The average molecular weight is 287 g/mol. The molecule has 1 aliphatic rings. The van der Waals surface area contributed by atoms with Crippen molar-refractivity contribution in [2.45, 2.75) is 12.8 Å². The number of nitrogens with zero attached hydrogens (tertiary/aromatic N) is 1. The molecule has 0 aromatic heterocycles. The molecule has 0 atom stereocenters. The molecule has 18 heavy (non-hydrogen) atoms. The maximum atomic E-state index is 11.8. The van der Waals surface area contributed by atoms with Gasteiger partial charge in [-0.15, -0.1) is 0 Å². The van der Waals surface area contributed by atoms with Gasteiger partial charge in [0.2, 0.25) is 0 Å². The standard InChI is InChI=1S/C12H12Cl2N2O2/c13-8-5-9(14)7-10(6-8)15-11(17)12(18)16-3-1-2-4-16/h5-7H,1-4H2,(H,15,17). The van der Waals surface area contributed by atoms with Crippen molar-refractivity contribution in [3.05, 3.63) is 28.2 Å². The monoisotopic (exact) mass is 286 g/mol. The summed E-state index contributed by atoms with van der Waals surface area (Å²) in [5, 5.41) is 3.32. The molecule has 96 valence electrons. The molecule has 6 heteroatoms. The highest BCUT2D eigenvalue weighted by Crippen LogP contribution is 2.22. The summed E-state index contributed by atoms with van der Waals surface area (Å²) in [5.41, 5.74) is 0.421. The number of amides is 2. The van der Waals surface area contributed by atoms with Crippen molar-refractivity contribution < 1.29 is 9.59 Å². The summed E-state index contributed by atoms with van der Waals surface area (Å²) in [6.45, 7) is 1.28. The summed E-state index contributed by atoms with van der Waals surface area (Å²) in [7, 11) is 0. The fourth-order valence-corrected chi connectivity index (χ4v) is 2.40. The topological polar surface area (TPSA) is 49.4 Å². The third kappa shape index (κ3) is 3.15. The third-order valence-corrected chi connectivity index (χ3v) is 3.14. The Morgan fingerprint density at radius 3 is 2.17 bits per heavy atom. The number of likely N-dealkylation sites (tertiary alicyclic amines) is 1. The normalized spacial score (nSPS) is 14.7. The average Bonchev–Trinajstić information content (AvgIpc) is 2.79. The van der Waals surface area contributed by atoms with Crippen LogP contribution >= 0.6 is 23.2 Å². The smallest absolute Gasteiger partial charge is 0.313 e. The zero-order valence-corrected chi connectivity index (χ0v) is 11.1. The van der Waals surface area contributed by atoms with E-state index in [9.17, 15) is 9.59 Å². The summed E-state index contributed by atoms with van der Waals surface area (Å²) < 4.78 is 0. The fraction of sp³-hybridized carbons (Fsp3) is 0.333. The van der Waals surface area contributed by atoms with Crippen LogP contribution in [0.2, 0.25) is 10.0 Å². The Morgan fingerprint density at radius 1 is 1.06 bits per heavy atom. The first-order valence-corrected chi connectivity index (χ1v) is 6.38. The van der Waals surface area contributed by atoms with Crippen LogP contribution in [0.25, 0.3) is 0 Å². The van der Waals surface area contributed by atoms with E-state index in [0.717, 1.165) is 12.8 Å². The lowest BCUT2D eigenvalue weighted by Gasteiger charge is -2.14. The first-order chi connectivity index (χ1) is 8.56. The molecule has 1 saturated heterocycles. The predicted octanol–water partition coefficient (Wildman–Crippen LogP) is 2.55. The van der Waals surface area contributed by atoms with Crippen LogP contribution in [0.4, 0.5) is 5.69 Å². The number of nitrogens with one attached hydrogen (secondary N) is 1. The van der Waals surface area contributed by atoms with E-state index in [4.69, 9.17) is 23.2 Å². The lowest BCUT2D eigenvalue weighted by Crippen LogP contribution is -2.37. The van der Waals surface area contributed by atoms with E-state index in [1.54, 1.807) is 23.1 Å². The Bertz CT molecular complexity index is 465. The van der Waals surface area contributed by atoms with Crippen molar-refractivity contribution in [2.75, 3.05) is 18.4 Å². The molecular weight excluding hydrogens is 275 g/mol. The summed E-state index contributed by atoms with van der Waals surface area (Å²) in [6, 6.07) is 4.65. The SMILES string of the molecule is O=C(Nc1cc(Cl)cc(Cl)c1)C(=O)N1CCCC1.